The molecule has 0 amide bonds. The second-order valence-electron chi connectivity index (χ2n) is 3.87. The Labute approximate surface area is 95.6 Å². The van der Waals surface area contributed by atoms with Gasteiger partial charge in [0, 0.05) is 12.6 Å². The van der Waals surface area contributed by atoms with E-state index in [0.29, 0.717) is 22.3 Å². The molecule has 0 aromatic carbocycles. The van der Waals surface area contributed by atoms with Crippen LogP contribution in [0.3, 0.4) is 0 Å². The molecule has 2 rings (SSSR count). The smallest absolute Gasteiger partial charge is 0.267 e. The molecule has 0 bridgehead atoms. The molecule has 1 heterocycles. The number of aromatic amines is 1. The van der Waals surface area contributed by atoms with Gasteiger partial charge in [-0.2, -0.15) is 0 Å². The van der Waals surface area contributed by atoms with E-state index in [1.807, 2.05) is 0 Å². The van der Waals surface area contributed by atoms with Crippen molar-refractivity contribution in [2.75, 3.05) is 11.9 Å². The number of anilines is 1. The zero-order valence-electron chi connectivity index (χ0n) is 8.16. The lowest BCUT2D eigenvalue weighted by Crippen LogP contribution is -2.39. The Kier molecular flexibility index (Phi) is 3.06. The van der Waals surface area contributed by atoms with E-state index in [-0.39, 0.29) is 5.56 Å². The summed E-state index contributed by atoms with van der Waals surface area (Å²) in [6.45, 7) is 0.822. The van der Waals surface area contributed by atoms with Gasteiger partial charge in [-0.3, -0.25) is 4.79 Å². The molecule has 6 heteroatoms. The predicted octanol–water partition coefficient (Wildman–Crippen LogP) is 0.682. The minimum absolute atomic E-state index is 0.169. The summed E-state index contributed by atoms with van der Waals surface area (Å²) < 4.78 is 0.452. The highest BCUT2D eigenvalue weighted by Gasteiger charge is 2.25. The van der Waals surface area contributed by atoms with Crippen LogP contribution < -0.4 is 16.6 Å². The molecule has 4 N–H and O–H groups in total. The first-order valence-electron chi connectivity index (χ1n) is 4.89. The molecule has 0 saturated heterocycles. The Bertz CT molecular complexity index is 399. The highest BCUT2D eigenvalue weighted by molar-refractivity contribution is 9.10. The molecule has 0 aliphatic heterocycles. The summed E-state index contributed by atoms with van der Waals surface area (Å²) in [5, 5.41) is 3.14. The number of nitrogens with zero attached hydrogens (tertiary/aromatic N) is 1. The van der Waals surface area contributed by atoms with E-state index >= 15 is 0 Å². The van der Waals surface area contributed by atoms with Crippen molar-refractivity contribution in [2.24, 2.45) is 11.7 Å². The third-order valence-corrected chi connectivity index (χ3v) is 3.36. The van der Waals surface area contributed by atoms with Crippen LogP contribution in [0.15, 0.2) is 15.6 Å². The lowest BCUT2D eigenvalue weighted by Gasteiger charge is -2.32. The Morgan fingerprint density at radius 1 is 1.67 bits per heavy atom. The van der Waals surface area contributed by atoms with Gasteiger partial charge >= 0.3 is 0 Å². The van der Waals surface area contributed by atoms with Crippen LogP contribution in [-0.2, 0) is 0 Å². The molecule has 1 fully saturated rings. The third-order valence-electron chi connectivity index (χ3n) is 2.63. The summed E-state index contributed by atoms with van der Waals surface area (Å²) >= 11 is 3.19. The fraction of sp³-hybridized carbons (Fsp3) is 0.556. The van der Waals surface area contributed by atoms with E-state index < -0.39 is 0 Å². The third kappa shape index (κ3) is 2.38. The largest absolute Gasteiger partial charge is 0.369 e. The van der Waals surface area contributed by atoms with Gasteiger partial charge in [0.15, 0.2) is 0 Å². The van der Waals surface area contributed by atoms with Crippen molar-refractivity contribution in [1.29, 1.82) is 0 Å². The predicted molar refractivity (Wildman–Crippen MR) is 61.7 cm³/mol. The SMILES string of the molecule is NC1CC(CNc2nc[nH]c(=O)c2Br)C1. The summed E-state index contributed by atoms with van der Waals surface area (Å²) in [6.07, 6.45) is 3.49. The fourth-order valence-corrected chi connectivity index (χ4v) is 2.06. The highest BCUT2D eigenvalue weighted by Crippen LogP contribution is 2.26. The average Bonchev–Trinajstić information content (AvgIpc) is 2.17. The number of aromatic nitrogens is 2. The van der Waals surface area contributed by atoms with Crippen LogP contribution >= 0.6 is 15.9 Å². The summed E-state index contributed by atoms with van der Waals surface area (Å²) in [7, 11) is 0. The molecule has 0 radical (unpaired) electrons. The summed E-state index contributed by atoms with van der Waals surface area (Å²) in [6, 6.07) is 0.354. The van der Waals surface area contributed by atoms with Crippen molar-refractivity contribution < 1.29 is 0 Å². The van der Waals surface area contributed by atoms with Crippen LogP contribution in [0.5, 0.6) is 0 Å². The monoisotopic (exact) mass is 272 g/mol. The minimum Gasteiger partial charge on any atom is -0.369 e. The van der Waals surface area contributed by atoms with E-state index in [2.05, 4.69) is 31.2 Å². The second-order valence-corrected chi connectivity index (χ2v) is 4.67. The van der Waals surface area contributed by atoms with Crippen LogP contribution in [0.25, 0.3) is 0 Å². The van der Waals surface area contributed by atoms with Crippen molar-refractivity contribution >= 4 is 21.7 Å². The summed E-state index contributed by atoms with van der Waals surface area (Å²) in [5.74, 6) is 1.20. The van der Waals surface area contributed by atoms with Crippen LogP contribution in [-0.4, -0.2) is 22.6 Å². The van der Waals surface area contributed by atoms with Crippen LogP contribution in [0, 0.1) is 5.92 Å². The van der Waals surface area contributed by atoms with E-state index in [9.17, 15) is 4.79 Å². The molecule has 5 nitrogen and oxygen atoms in total. The van der Waals surface area contributed by atoms with E-state index in [4.69, 9.17) is 5.73 Å². The molecule has 0 spiro atoms. The number of H-pyrrole nitrogens is 1. The van der Waals surface area contributed by atoms with Crippen molar-refractivity contribution in [1.82, 2.24) is 9.97 Å². The minimum atomic E-state index is -0.169. The molecule has 0 unspecified atom stereocenters. The van der Waals surface area contributed by atoms with E-state index in [0.717, 1.165) is 19.4 Å². The van der Waals surface area contributed by atoms with Crippen LogP contribution in [0.2, 0.25) is 0 Å². The van der Waals surface area contributed by atoms with Gasteiger partial charge in [-0.25, -0.2) is 4.98 Å². The first kappa shape index (κ1) is 10.6. The molecule has 0 atom stereocenters. The van der Waals surface area contributed by atoms with Crippen LogP contribution in [0.4, 0.5) is 5.82 Å². The zero-order valence-corrected chi connectivity index (χ0v) is 9.75. The van der Waals surface area contributed by atoms with Gasteiger partial charge in [0.1, 0.15) is 10.3 Å². The summed E-state index contributed by atoms with van der Waals surface area (Å²) in [4.78, 5) is 17.8. The zero-order chi connectivity index (χ0) is 10.8. The molecule has 1 aromatic rings. The Hall–Kier alpha value is -0.880. The highest BCUT2D eigenvalue weighted by atomic mass is 79.9. The molecular formula is C9H13BrN4O. The average molecular weight is 273 g/mol. The molecular weight excluding hydrogens is 260 g/mol. The lowest BCUT2D eigenvalue weighted by atomic mass is 9.81. The standard InChI is InChI=1S/C9H13BrN4O/c10-7-8(13-4-14-9(7)15)12-3-5-1-6(11)2-5/h4-6H,1-3,11H2,(H2,12,13,14,15). The maximum absolute atomic E-state index is 11.2. The number of nitrogens with one attached hydrogen (secondary N) is 2. The number of nitrogens with two attached hydrogens (primary N) is 1. The maximum Gasteiger partial charge on any atom is 0.267 e. The fourth-order valence-electron chi connectivity index (χ4n) is 1.70. The summed E-state index contributed by atoms with van der Waals surface area (Å²) in [5.41, 5.74) is 5.52. The first-order chi connectivity index (χ1) is 7.16. The molecule has 82 valence electrons. The quantitative estimate of drug-likeness (QED) is 0.756. The molecule has 15 heavy (non-hydrogen) atoms. The molecule has 1 aliphatic carbocycles. The van der Waals surface area contributed by atoms with Gasteiger partial charge < -0.3 is 16.0 Å². The van der Waals surface area contributed by atoms with Crippen molar-refractivity contribution in [3.05, 3.63) is 21.2 Å². The Morgan fingerprint density at radius 2 is 2.40 bits per heavy atom. The molecule has 1 aliphatic rings. The lowest BCUT2D eigenvalue weighted by molar-refractivity contribution is 0.280. The van der Waals surface area contributed by atoms with Crippen LogP contribution in [0.1, 0.15) is 12.8 Å². The van der Waals surface area contributed by atoms with Crippen molar-refractivity contribution in [2.45, 2.75) is 18.9 Å². The Morgan fingerprint density at radius 3 is 3.07 bits per heavy atom. The number of rotatable bonds is 3. The topological polar surface area (TPSA) is 83.8 Å². The van der Waals surface area contributed by atoms with Gasteiger partial charge in [-0.15, -0.1) is 0 Å². The van der Waals surface area contributed by atoms with Gasteiger partial charge in [-0.05, 0) is 34.7 Å². The van der Waals surface area contributed by atoms with Gasteiger partial charge in [0.05, 0.1) is 6.33 Å². The number of hydrogen-bond acceptors (Lipinski definition) is 4. The van der Waals surface area contributed by atoms with Crippen molar-refractivity contribution in [3.63, 3.8) is 0 Å². The van der Waals surface area contributed by atoms with Crippen molar-refractivity contribution in [3.8, 4) is 0 Å². The van der Waals surface area contributed by atoms with Gasteiger partial charge in [-0.1, -0.05) is 0 Å². The molecule has 1 saturated carbocycles. The first-order valence-corrected chi connectivity index (χ1v) is 5.68. The van der Waals surface area contributed by atoms with E-state index in [1.54, 1.807) is 0 Å². The second kappa shape index (κ2) is 4.32. The van der Waals surface area contributed by atoms with Gasteiger partial charge in [0.2, 0.25) is 0 Å². The number of hydrogen-bond donors (Lipinski definition) is 3. The maximum atomic E-state index is 11.2. The molecule has 1 aromatic heterocycles. The normalized spacial score (nSPS) is 24.7. The van der Waals surface area contributed by atoms with E-state index in [1.165, 1.54) is 6.33 Å². The Balaban J connectivity index is 1.93. The number of halogens is 1. The van der Waals surface area contributed by atoms with Gasteiger partial charge in [0.25, 0.3) is 5.56 Å².